The third-order valence-corrected chi connectivity index (χ3v) is 6.04. The Bertz CT molecular complexity index is 1060. The predicted octanol–water partition coefficient (Wildman–Crippen LogP) is 2.45. The Morgan fingerprint density at radius 1 is 1.24 bits per heavy atom. The molecule has 0 radical (unpaired) electrons. The van der Waals surface area contributed by atoms with Crippen LogP contribution in [0.4, 0.5) is 10.1 Å². The number of ether oxygens (including phenoxy) is 1. The van der Waals surface area contributed by atoms with Gasteiger partial charge in [-0.05, 0) is 24.3 Å². The topological polar surface area (TPSA) is 101 Å². The highest BCUT2D eigenvalue weighted by Gasteiger charge is 2.18. The van der Waals surface area contributed by atoms with E-state index in [-0.39, 0.29) is 21.2 Å². The van der Waals surface area contributed by atoms with E-state index in [0.29, 0.717) is 11.3 Å². The zero-order valence-electron chi connectivity index (χ0n) is 12.8. The molecule has 7 nitrogen and oxygen atoms in total. The van der Waals surface area contributed by atoms with Crippen molar-refractivity contribution >= 4 is 27.0 Å². The first kappa shape index (κ1) is 17.1. The zero-order valence-corrected chi connectivity index (χ0v) is 14.4. The van der Waals surface area contributed by atoms with Crippen LogP contribution in [0, 0.1) is 5.82 Å². The molecule has 0 bridgehead atoms. The largest absolute Gasteiger partial charge is 0.494 e. The summed E-state index contributed by atoms with van der Waals surface area (Å²) in [7, 11) is -2.56. The standard InChI is InChI=1S/C15H12FN3O4S2/c1-23-13-4-2-10(7-11(13)16)19-25(21,22)15-6-9(8-24-15)12-3-5-14(20)18-17-12/h2-8,19H,1H3,(H,18,20). The maximum Gasteiger partial charge on any atom is 0.271 e. The van der Waals surface area contributed by atoms with E-state index in [1.807, 2.05) is 0 Å². The second-order valence-electron chi connectivity index (χ2n) is 4.92. The van der Waals surface area contributed by atoms with Gasteiger partial charge in [-0.2, -0.15) is 5.10 Å². The smallest absolute Gasteiger partial charge is 0.271 e. The summed E-state index contributed by atoms with van der Waals surface area (Å²) in [4.78, 5) is 11.0. The summed E-state index contributed by atoms with van der Waals surface area (Å²) in [5.74, 6) is -0.655. The number of aromatic nitrogens is 2. The van der Waals surface area contributed by atoms with E-state index in [4.69, 9.17) is 4.74 Å². The molecule has 0 aliphatic carbocycles. The van der Waals surface area contributed by atoms with Gasteiger partial charge in [-0.1, -0.05) is 0 Å². The lowest BCUT2D eigenvalue weighted by atomic mass is 10.2. The molecule has 0 spiro atoms. The summed E-state index contributed by atoms with van der Waals surface area (Å²) in [5, 5.41) is 7.73. The number of hydrogen-bond acceptors (Lipinski definition) is 6. The highest BCUT2D eigenvalue weighted by Crippen LogP contribution is 2.29. The van der Waals surface area contributed by atoms with Crippen molar-refractivity contribution in [3.63, 3.8) is 0 Å². The van der Waals surface area contributed by atoms with Crippen molar-refractivity contribution in [1.29, 1.82) is 0 Å². The fraction of sp³-hybridized carbons (Fsp3) is 0.0667. The van der Waals surface area contributed by atoms with Gasteiger partial charge < -0.3 is 4.74 Å². The molecule has 0 aliphatic heterocycles. The van der Waals surface area contributed by atoms with Gasteiger partial charge in [0.05, 0.1) is 18.5 Å². The van der Waals surface area contributed by atoms with Crippen molar-refractivity contribution in [1.82, 2.24) is 10.2 Å². The Balaban J connectivity index is 1.87. The monoisotopic (exact) mass is 381 g/mol. The lowest BCUT2D eigenvalue weighted by Crippen LogP contribution is -2.11. The van der Waals surface area contributed by atoms with Crippen LogP contribution < -0.4 is 15.0 Å². The molecule has 2 N–H and O–H groups in total. The lowest BCUT2D eigenvalue weighted by molar-refractivity contribution is 0.386. The van der Waals surface area contributed by atoms with Crippen molar-refractivity contribution in [3.05, 3.63) is 57.9 Å². The summed E-state index contributed by atoms with van der Waals surface area (Å²) in [6, 6.07) is 7.98. The van der Waals surface area contributed by atoms with Crippen LogP contribution >= 0.6 is 11.3 Å². The molecule has 3 rings (SSSR count). The number of H-pyrrole nitrogens is 1. The van der Waals surface area contributed by atoms with Gasteiger partial charge in [0.1, 0.15) is 4.21 Å². The summed E-state index contributed by atoms with van der Waals surface area (Å²) >= 11 is 0.986. The van der Waals surface area contributed by atoms with Crippen molar-refractivity contribution in [2.75, 3.05) is 11.8 Å². The molecule has 3 aromatic rings. The fourth-order valence-electron chi connectivity index (χ4n) is 2.03. The van der Waals surface area contributed by atoms with Gasteiger partial charge in [-0.3, -0.25) is 9.52 Å². The number of thiophene rings is 1. The van der Waals surface area contributed by atoms with Crippen LogP contribution in [0.15, 0.2) is 50.8 Å². The quantitative estimate of drug-likeness (QED) is 0.707. The normalized spacial score (nSPS) is 11.3. The molecule has 0 fully saturated rings. The first-order valence-corrected chi connectivity index (χ1v) is 9.26. The van der Waals surface area contributed by atoms with E-state index < -0.39 is 15.8 Å². The molecule has 1 aromatic carbocycles. The zero-order chi connectivity index (χ0) is 18.0. The van der Waals surface area contributed by atoms with Crippen molar-refractivity contribution in [3.8, 4) is 17.0 Å². The van der Waals surface area contributed by atoms with Crippen LogP contribution in [0.2, 0.25) is 0 Å². The fourth-order valence-corrected chi connectivity index (χ4v) is 4.26. The minimum Gasteiger partial charge on any atom is -0.494 e. The molecule has 130 valence electrons. The van der Waals surface area contributed by atoms with E-state index in [2.05, 4.69) is 14.9 Å². The second kappa shape index (κ2) is 6.65. The molecule has 0 unspecified atom stereocenters. The van der Waals surface area contributed by atoms with Gasteiger partial charge in [0.15, 0.2) is 11.6 Å². The number of sulfonamides is 1. The maximum atomic E-state index is 13.7. The lowest BCUT2D eigenvalue weighted by Gasteiger charge is -2.08. The average Bonchev–Trinajstić information content (AvgIpc) is 3.06. The average molecular weight is 381 g/mol. The summed E-state index contributed by atoms with van der Waals surface area (Å²) in [5.41, 5.74) is 0.709. The van der Waals surface area contributed by atoms with Crippen LogP contribution in [0.1, 0.15) is 0 Å². The maximum absolute atomic E-state index is 13.7. The third kappa shape index (κ3) is 3.69. The number of aromatic amines is 1. The third-order valence-electron chi connectivity index (χ3n) is 3.22. The van der Waals surface area contributed by atoms with Crippen molar-refractivity contribution in [2.45, 2.75) is 4.21 Å². The highest BCUT2D eigenvalue weighted by atomic mass is 32.2. The Hall–Kier alpha value is -2.72. The van der Waals surface area contributed by atoms with E-state index in [1.165, 1.54) is 37.4 Å². The highest BCUT2D eigenvalue weighted by molar-refractivity contribution is 7.94. The van der Waals surface area contributed by atoms with Crippen LogP contribution in [0.3, 0.4) is 0 Å². The van der Waals surface area contributed by atoms with Gasteiger partial charge in [0.2, 0.25) is 0 Å². The van der Waals surface area contributed by atoms with Crippen molar-refractivity contribution < 1.29 is 17.5 Å². The second-order valence-corrected chi connectivity index (χ2v) is 7.74. The number of benzene rings is 1. The van der Waals surface area contributed by atoms with E-state index in [9.17, 15) is 17.6 Å². The molecular weight excluding hydrogens is 369 g/mol. The minimum absolute atomic E-state index is 0.0190. The Kier molecular flexibility index (Phi) is 4.55. The van der Waals surface area contributed by atoms with Gasteiger partial charge in [-0.25, -0.2) is 17.9 Å². The van der Waals surface area contributed by atoms with Crippen molar-refractivity contribution in [2.24, 2.45) is 0 Å². The summed E-state index contributed by atoms with van der Waals surface area (Å²) < 4.78 is 45.7. The van der Waals surface area contributed by atoms with E-state index in [0.717, 1.165) is 17.4 Å². The molecule has 0 saturated carbocycles. The number of methoxy groups -OCH3 is 1. The number of hydrogen-bond donors (Lipinski definition) is 2. The number of rotatable bonds is 5. The van der Waals surface area contributed by atoms with Crippen LogP contribution in [0.25, 0.3) is 11.3 Å². The SMILES string of the molecule is COc1ccc(NS(=O)(=O)c2cc(-c3ccc(=O)[nH]n3)cs2)cc1F. The van der Waals surface area contributed by atoms with Crippen LogP contribution in [0.5, 0.6) is 5.75 Å². The van der Waals surface area contributed by atoms with Gasteiger partial charge in [-0.15, -0.1) is 11.3 Å². The Morgan fingerprint density at radius 3 is 2.68 bits per heavy atom. The summed E-state index contributed by atoms with van der Waals surface area (Å²) in [6.45, 7) is 0. The number of nitrogens with zero attached hydrogens (tertiary/aromatic N) is 1. The van der Waals surface area contributed by atoms with Gasteiger partial charge >= 0.3 is 0 Å². The first-order chi connectivity index (χ1) is 11.9. The van der Waals surface area contributed by atoms with Crippen LogP contribution in [-0.4, -0.2) is 25.7 Å². The van der Waals surface area contributed by atoms with Gasteiger partial charge in [0.25, 0.3) is 15.6 Å². The first-order valence-electron chi connectivity index (χ1n) is 6.90. The van der Waals surface area contributed by atoms with E-state index >= 15 is 0 Å². The van der Waals surface area contributed by atoms with E-state index in [1.54, 1.807) is 5.38 Å². The van der Waals surface area contributed by atoms with Gasteiger partial charge in [0, 0.05) is 23.1 Å². The Morgan fingerprint density at radius 2 is 2.04 bits per heavy atom. The molecule has 0 saturated heterocycles. The molecular formula is C15H12FN3O4S2. The minimum atomic E-state index is -3.88. The van der Waals surface area contributed by atoms with Crippen LogP contribution in [-0.2, 0) is 10.0 Å². The molecule has 0 atom stereocenters. The molecule has 2 heterocycles. The number of nitrogens with one attached hydrogen (secondary N) is 2. The molecule has 25 heavy (non-hydrogen) atoms. The molecule has 0 amide bonds. The Labute approximate surface area is 146 Å². The number of halogens is 1. The predicted molar refractivity (Wildman–Crippen MR) is 91.9 cm³/mol. The summed E-state index contributed by atoms with van der Waals surface area (Å²) in [6.07, 6.45) is 0. The number of anilines is 1. The molecule has 0 aliphatic rings. The molecule has 10 heteroatoms. The molecule has 2 aromatic heterocycles.